The molecule has 176 valence electrons. The second-order valence-electron chi connectivity index (χ2n) is 9.14. The Labute approximate surface area is 203 Å². The van der Waals surface area contributed by atoms with Crippen LogP contribution >= 0.6 is 0 Å². The number of hydrogen-bond donors (Lipinski definition) is 3. The lowest BCUT2D eigenvalue weighted by molar-refractivity contribution is 0.0922. The molecule has 3 heterocycles. The number of aryl methyl sites for hydroxylation is 1. The van der Waals surface area contributed by atoms with Gasteiger partial charge < -0.3 is 15.0 Å². The number of nitrogens with zero attached hydrogens (tertiary/aromatic N) is 4. The van der Waals surface area contributed by atoms with Crippen LogP contribution in [0.4, 0.5) is 0 Å². The third-order valence-corrected chi connectivity index (χ3v) is 5.80. The number of hydrogen-bond acceptors (Lipinski definition) is 5. The number of imidazole rings is 1. The van der Waals surface area contributed by atoms with E-state index < -0.39 is 5.60 Å². The van der Waals surface area contributed by atoms with Crippen LogP contribution in [0.3, 0.4) is 0 Å². The van der Waals surface area contributed by atoms with Gasteiger partial charge in [-0.15, -0.1) is 5.10 Å². The van der Waals surface area contributed by atoms with Gasteiger partial charge in [0, 0.05) is 24.4 Å². The van der Waals surface area contributed by atoms with E-state index in [1.54, 1.807) is 20.0 Å². The number of rotatable bonds is 4. The molecule has 0 bridgehead atoms. The molecule has 0 saturated carbocycles. The van der Waals surface area contributed by atoms with Crippen molar-refractivity contribution < 1.29 is 9.90 Å². The molecule has 0 fully saturated rings. The molecule has 2 aromatic carbocycles. The zero-order chi connectivity index (χ0) is 24.4. The van der Waals surface area contributed by atoms with Gasteiger partial charge in [0.05, 0.1) is 11.7 Å². The molecule has 1 unspecified atom stereocenters. The van der Waals surface area contributed by atoms with Crippen molar-refractivity contribution in [2.24, 2.45) is 0 Å². The molecule has 8 nitrogen and oxygen atoms in total. The van der Waals surface area contributed by atoms with E-state index in [1.807, 2.05) is 59.3 Å². The van der Waals surface area contributed by atoms with E-state index in [0.29, 0.717) is 18.7 Å². The van der Waals surface area contributed by atoms with E-state index in [1.165, 1.54) is 0 Å². The first kappa shape index (κ1) is 22.6. The van der Waals surface area contributed by atoms with Gasteiger partial charge in [0.15, 0.2) is 0 Å². The number of carbonyl (C=O) groups is 1. The Kier molecular flexibility index (Phi) is 5.93. The maximum atomic E-state index is 13.0. The second-order valence-corrected chi connectivity index (χ2v) is 9.14. The highest BCUT2D eigenvalue weighted by atomic mass is 16.3. The standard InChI is InChI=1S/C27H26N6O2/c1-27(2,35)13-12-19-8-9-20-10-11-21(25-28-14-15-33(25)22(20)16-19)29-26(34)24-30-23(31-32-24)17-18-6-4-3-5-7-18/h3-9,14-16,21,35H,10-11,17H2,1-2H3,(H,29,34)(H,30,31,32). The summed E-state index contributed by atoms with van der Waals surface area (Å²) in [5.74, 6) is 7.04. The summed E-state index contributed by atoms with van der Waals surface area (Å²) in [6.07, 6.45) is 5.63. The van der Waals surface area contributed by atoms with Gasteiger partial charge in [-0.25, -0.2) is 9.97 Å². The Morgan fingerprint density at radius 3 is 2.89 bits per heavy atom. The number of aromatic amines is 1. The molecule has 0 radical (unpaired) electrons. The average molecular weight is 467 g/mol. The molecular weight excluding hydrogens is 440 g/mol. The van der Waals surface area contributed by atoms with Crippen LogP contribution in [0.15, 0.2) is 60.9 Å². The van der Waals surface area contributed by atoms with Crippen LogP contribution in [0.25, 0.3) is 5.69 Å². The first-order valence-electron chi connectivity index (χ1n) is 11.5. The summed E-state index contributed by atoms with van der Waals surface area (Å²) >= 11 is 0. The largest absolute Gasteiger partial charge is 0.378 e. The third kappa shape index (κ3) is 5.15. The lowest BCUT2D eigenvalue weighted by atomic mass is 10.0. The predicted octanol–water partition coefficient (Wildman–Crippen LogP) is 3.12. The van der Waals surface area contributed by atoms with Crippen molar-refractivity contribution in [1.82, 2.24) is 30.0 Å². The molecular formula is C27H26N6O2. The highest BCUT2D eigenvalue weighted by Gasteiger charge is 2.26. The first-order chi connectivity index (χ1) is 16.9. The van der Waals surface area contributed by atoms with Gasteiger partial charge in [-0.05, 0) is 49.9 Å². The highest BCUT2D eigenvalue weighted by Crippen LogP contribution is 2.29. The number of carbonyl (C=O) groups excluding carboxylic acids is 1. The van der Waals surface area contributed by atoms with Gasteiger partial charge >= 0.3 is 0 Å². The summed E-state index contributed by atoms with van der Waals surface area (Å²) in [6, 6.07) is 15.6. The number of benzene rings is 2. The van der Waals surface area contributed by atoms with Gasteiger partial charge in [-0.1, -0.05) is 48.2 Å². The lowest BCUT2D eigenvalue weighted by Gasteiger charge is -2.15. The Morgan fingerprint density at radius 1 is 1.26 bits per heavy atom. The summed E-state index contributed by atoms with van der Waals surface area (Å²) in [5.41, 5.74) is 2.94. The number of fused-ring (bicyclic) bond motifs is 3. The van der Waals surface area contributed by atoms with Crippen LogP contribution < -0.4 is 5.32 Å². The van der Waals surface area contributed by atoms with Crippen LogP contribution in [0.2, 0.25) is 0 Å². The van der Waals surface area contributed by atoms with Crippen LogP contribution in [0.5, 0.6) is 0 Å². The van der Waals surface area contributed by atoms with Crippen molar-refractivity contribution in [3.05, 3.63) is 95.1 Å². The summed E-state index contributed by atoms with van der Waals surface area (Å²) in [4.78, 5) is 21.9. The normalized spacial score (nSPS) is 14.8. The predicted molar refractivity (Wildman–Crippen MR) is 131 cm³/mol. The molecule has 5 rings (SSSR count). The zero-order valence-corrected chi connectivity index (χ0v) is 19.6. The molecule has 4 aromatic rings. The fourth-order valence-corrected chi connectivity index (χ4v) is 4.13. The summed E-state index contributed by atoms with van der Waals surface area (Å²) in [6.45, 7) is 3.31. The summed E-state index contributed by atoms with van der Waals surface area (Å²) in [7, 11) is 0. The van der Waals surface area contributed by atoms with Crippen molar-refractivity contribution in [2.45, 2.75) is 44.8 Å². The van der Waals surface area contributed by atoms with E-state index >= 15 is 0 Å². The quantitative estimate of drug-likeness (QED) is 0.401. The van der Waals surface area contributed by atoms with Gasteiger partial charge in [0.25, 0.3) is 5.91 Å². The number of nitrogens with one attached hydrogen (secondary N) is 2. The van der Waals surface area contributed by atoms with Crippen molar-refractivity contribution in [3.63, 3.8) is 0 Å². The molecule has 8 heteroatoms. The third-order valence-electron chi connectivity index (χ3n) is 5.80. The lowest BCUT2D eigenvalue weighted by Crippen LogP contribution is -2.30. The van der Waals surface area contributed by atoms with E-state index in [4.69, 9.17) is 0 Å². The van der Waals surface area contributed by atoms with Gasteiger partial charge in [0.2, 0.25) is 5.82 Å². The fraction of sp³-hybridized carbons (Fsp3) is 0.259. The summed E-state index contributed by atoms with van der Waals surface area (Å²) in [5, 5.41) is 20.0. The van der Waals surface area contributed by atoms with Crippen LogP contribution in [0, 0.1) is 11.8 Å². The Morgan fingerprint density at radius 2 is 2.09 bits per heavy atom. The van der Waals surface area contributed by atoms with Crippen molar-refractivity contribution in [3.8, 4) is 17.5 Å². The minimum Gasteiger partial charge on any atom is -0.378 e. The fourth-order valence-electron chi connectivity index (χ4n) is 4.13. The molecule has 1 atom stereocenters. The molecule has 0 aliphatic carbocycles. The van der Waals surface area contributed by atoms with Gasteiger partial charge in [-0.2, -0.15) is 0 Å². The Balaban J connectivity index is 1.35. The van der Waals surface area contributed by atoms with Crippen LogP contribution in [-0.2, 0) is 12.8 Å². The van der Waals surface area contributed by atoms with Gasteiger partial charge in [0.1, 0.15) is 17.2 Å². The molecule has 1 aliphatic rings. The van der Waals surface area contributed by atoms with E-state index in [9.17, 15) is 9.90 Å². The monoisotopic (exact) mass is 466 g/mol. The van der Waals surface area contributed by atoms with Gasteiger partial charge in [-0.3, -0.25) is 9.89 Å². The second kappa shape index (κ2) is 9.20. The first-order valence-corrected chi connectivity index (χ1v) is 11.5. The number of amides is 1. The summed E-state index contributed by atoms with van der Waals surface area (Å²) < 4.78 is 1.99. The minimum absolute atomic E-state index is 0.111. The Hall–Kier alpha value is -4.22. The molecule has 1 amide bonds. The molecule has 0 saturated heterocycles. The number of H-pyrrole nitrogens is 1. The van der Waals surface area contributed by atoms with Crippen LogP contribution in [0.1, 0.15) is 65.3 Å². The molecule has 0 spiro atoms. The molecule has 3 N–H and O–H groups in total. The molecule has 1 aliphatic heterocycles. The van der Waals surface area contributed by atoms with E-state index in [0.717, 1.165) is 34.6 Å². The maximum absolute atomic E-state index is 13.0. The van der Waals surface area contributed by atoms with Crippen molar-refractivity contribution in [1.29, 1.82) is 0 Å². The molecule has 35 heavy (non-hydrogen) atoms. The average Bonchev–Trinajstić information content (AvgIpc) is 3.48. The van der Waals surface area contributed by atoms with Crippen molar-refractivity contribution >= 4 is 5.91 Å². The smallest absolute Gasteiger partial charge is 0.291 e. The van der Waals surface area contributed by atoms with E-state index in [-0.39, 0.29) is 17.8 Å². The number of aromatic nitrogens is 5. The van der Waals surface area contributed by atoms with E-state index in [2.05, 4.69) is 37.3 Å². The number of aliphatic hydroxyl groups is 1. The topological polar surface area (TPSA) is 109 Å². The highest BCUT2D eigenvalue weighted by molar-refractivity contribution is 5.90. The van der Waals surface area contributed by atoms with Crippen LogP contribution in [-0.4, -0.2) is 41.3 Å². The zero-order valence-electron chi connectivity index (χ0n) is 19.6. The Bertz CT molecular complexity index is 1420. The minimum atomic E-state index is -1.07. The molecule has 2 aromatic heterocycles. The maximum Gasteiger partial charge on any atom is 0.291 e. The van der Waals surface area contributed by atoms with Crippen molar-refractivity contribution in [2.75, 3.05) is 0 Å². The SMILES string of the molecule is CC(C)(O)C#Cc1ccc2c(c1)-n1ccnc1C(NC(=O)c1n[nH]c(Cc3ccccc3)n1)CC2.